The van der Waals surface area contributed by atoms with Crippen LogP contribution in [0.25, 0.3) is 0 Å². The van der Waals surface area contributed by atoms with E-state index in [9.17, 15) is 18.0 Å². The Morgan fingerprint density at radius 2 is 1.70 bits per heavy atom. The van der Waals surface area contributed by atoms with Gasteiger partial charge in [0.15, 0.2) is 6.10 Å². The average molecular weight is 430 g/mol. The molecule has 0 aliphatic rings. The highest BCUT2D eigenvalue weighted by Gasteiger charge is 2.23. The van der Waals surface area contributed by atoms with E-state index in [2.05, 4.69) is 10.9 Å². The third-order valence-electron chi connectivity index (χ3n) is 4.09. The van der Waals surface area contributed by atoms with Crippen molar-refractivity contribution in [2.45, 2.75) is 24.8 Å². The van der Waals surface area contributed by atoms with Gasteiger partial charge in [-0.25, -0.2) is 8.42 Å². The number of benzene rings is 2. The zero-order valence-corrected chi connectivity index (χ0v) is 17.6. The Kier molecular flexibility index (Phi) is 7.52. The largest absolute Gasteiger partial charge is 0.481 e. The van der Waals surface area contributed by atoms with Gasteiger partial charge in [0.05, 0.1) is 23.1 Å². The standard InChI is InChI=1S/C20H22N4O5S/c1-14-4-10-18(11-5-14)30(27,28)24(3)13-19(25)22-23-20(26)15(2)29-17-8-6-16(12-21)7-9-17/h4-11,15H,13H2,1-3H3,(H,22,25)(H,23,26). The Morgan fingerprint density at radius 3 is 2.27 bits per heavy atom. The Balaban J connectivity index is 1.85. The molecule has 0 spiro atoms. The molecule has 0 fully saturated rings. The van der Waals surface area contributed by atoms with E-state index in [4.69, 9.17) is 10.00 Å². The van der Waals surface area contributed by atoms with Crippen LogP contribution >= 0.6 is 0 Å². The summed E-state index contributed by atoms with van der Waals surface area (Å²) in [4.78, 5) is 24.2. The van der Waals surface area contributed by atoms with Crippen LogP contribution in [0.1, 0.15) is 18.1 Å². The number of hydrogen-bond acceptors (Lipinski definition) is 6. The third kappa shape index (κ3) is 6.04. The maximum absolute atomic E-state index is 12.5. The number of aryl methyl sites for hydroxylation is 1. The summed E-state index contributed by atoms with van der Waals surface area (Å²) in [5.41, 5.74) is 5.72. The summed E-state index contributed by atoms with van der Waals surface area (Å²) in [5.74, 6) is -0.962. The van der Waals surface area contributed by atoms with Crippen LogP contribution in [0, 0.1) is 18.3 Å². The number of hydrazine groups is 1. The van der Waals surface area contributed by atoms with Gasteiger partial charge in [-0.1, -0.05) is 17.7 Å². The fraction of sp³-hybridized carbons (Fsp3) is 0.250. The summed E-state index contributed by atoms with van der Waals surface area (Å²) in [6.07, 6.45) is -0.938. The molecule has 2 amide bonds. The summed E-state index contributed by atoms with van der Waals surface area (Å²) in [6, 6.07) is 14.4. The summed E-state index contributed by atoms with van der Waals surface area (Å²) < 4.78 is 31.3. The monoisotopic (exact) mass is 430 g/mol. The van der Waals surface area contributed by atoms with E-state index in [1.165, 1.54) is 26.1 Å². The first-order valence-electron chi connectivity index (χ1n) is 8.92. The van der Waals surface area contributed by atoms with Crippen molar-refractivity contribution in [3.05, 3.63) is 59.7 Å². The summed E-state index contributed by atoms with van der Waals surface area (Å²) in [5, 5.41) is 8.77. The number of hydrogen-bond donors (Lipinski definition) is 2. The number of amides is 2. The first-order chi connectivity index (χ1) is 14.1. The van der Waals surface area contributed by atoms with Crippen molar-refractivity contribution in [2.24, 2.45) is 0 Å². The van der Waals surface area contributed by atoms with Crippen molar-refractivity contribution in [1.82, 2.24) is 15.2 Å². The van der Waals surface area contributed by atoms with Gasteiger partial charge < -0.3 is 4.74 Å². The van der Waals surface area contributed by atoms with Crippen molar-refractivity contribution < 1.29 is 22.7 Å². The van der Waals surface area contributed by atoms with Crippen LogP contribution in [-0.4, -0.2) is 44.2 Å². The third-order valence-corrected chi connectivity index (χ3v) is 5.90. The van der Waals surface area contributed by atoms with Crippen LogP contribution in [0.5, 0.6) is 5.75 Å². The zero-order valence-electron chi connectivity index (χ0n) is 16.7. The molecule has 1 atom stereocenters. The van der Waals surface area contributed by atoms with E-state index in [1.807, 2.05) is 13.0 Å². The number of nitrogens with one attached hydrogen (secondary N) is 2. The molecule has 2 aromatic carbocycles. The highest BCUT2D eigenvalue weighted by atomic mass is 32.2. The number of carbonyl (C=O) groups is 2. The van der Waals surface area contributed by atoms with Gasteiger partial charge in [0.1, 0.15) is 5.75 Å². The molecule has 1 unspecified atom stereocenters. The number of rotatable bonds is 7. The lowest BCUT2D eigenvalue weighted by molar-refractivity contribution is -0.132. The minimum Gasteiger partial charge on any atom is -0.481 e. The number of sulfonamides is 1. The topological polar surface area (TPSA) is 129 Å². The fourth-order valence-corrected chi connectivity index (χ4v) is 3.44. The van der Waals surface area contributed by atoms with Gasteiger partial charge in [0.2, 0.25) is 10.0 Å². The summed E-state index contributed by atoms with van der Waals surface area (Å²) in [7, 11) is -2.57. The van der Waals surface area contributed by atoms with Gasteiger partial charge in [-0.3, -0.25) is 20.4 Å². The minimum atomic E-state index is -3.84. The molecule has 0 heterocycles. The number of carbonyl (C=O) groups excluding carboxylic acids is 2. The van der Waals surface area contributed by atoms with Gasteiger partial charge in [-0.15, -0.1) is 0 Å². The summed E-state index contributed by atoms with van der Waals surface area (Å²) >= 11 is 0. The van der Waals surface area contributed by atoms with Crippen LogP contribution in [-0.2, 0) is 19.6 Å². The molecule has 0 radical (unpaired) electrons. The quantitative estimate of drug-likeness (QED) is 0.633. The second-order valence-corrected chi connectivity index (χ2v) is 8.55. The Hall–Kier alpha value is -3.42. The molecule has 2 rings (SSSR count). The fourth-order valence-electron chi connectivity index (χ4n) is 2.32. The predicted octanol–water partition coefficient (Wildman–Crippen LogP) is 1.10. The van der Waals surface area contributed by atoms with Crippen molar-refractivity contribution in [3.8, 4) is 11.8 Å². The van der Waals surface area contributed by atoms with E-state index in [1.54, 1.807) is 36.4 Å². The number of likely N-dealkylation sites (N-methyl/N-ethyl adjacent to an activating group) is 1. The Bertz CT molecular complexity index is 1040. The zero-order chi connectivity index (χ0) is 22.3. The molecular weight excluding hydrogens is 408 g/mol. The lowest BCUT2D eigenvalue weighted by Crippen LogP contribution is -2.50. The highest BCUT2D eigenvalue weighted by Crippen LogP contribution is 2.15. The molecule has 0 aliphatic carbocycles. The first-order valence-corrected chi connectivity index (χ1v) is 10.4. The van der Waals surface area contributed by atoms with Crippen LogP contribution in [0.15, 0.2) is 53.4 Å². The van der Waals surface area contributed by atoms with E-state index >= 15 is 0 Å². The number of ether oxygens (including phenoxy) is 1. The molecule has 10 heteroatoms. The normalized spacial score (nSPS) is 12.0. The second-order valence-electron chi connectivity index (χ2n) is 6.51. The molecule has 0 aromatic heterocycles. The molecule has 0 aliphatic heterocycles. The van der Waals surface area contributed by atoms with Crippen LogP contribution in [0.4, 0.5) is 0 Å². The molecule has 0 saturated heterocycles. The molecule has 0 saturated carbocycles. The van der Waals surface area contributed by atoms with Crippen molar-refractivity contribution in [3.63, 3.8) is 0 Å². The van der Waals surface area contributed by atoms with E-state index < -0.39 is 34.5 Å². The molecule has 9 nitrogen and oxygen atoms in total. The number of nitriles is 1. The lowest BCUT2D eigenvalue weighted by Gasteiger charge is -2.18. The van der Waals surface area contributed by atoms with E-state index in [-0.39, 0.29) is 4.90 Å². The average Bonchev–Trinajstić information content (AvgIpc) is 2.72. The molecule has 2 N–H and O–H groups in total. The van der Waals surface area contributed by atoms with Crippen molar-refractivity contribution in [1.29, 1.82) is 5.26 Å². The van der Waals surface area contributed by atoms with Crippen LogP contribution in [0.3, 0.4) is 0 Å². The van der Waals surface area contributed by atoms with Crippen molar-refractivity contribution in [2.75, 3.05) is 13.6 Å². The van der Waals surface area contributed by atoms with Gasteiger partial charge in [0, 0.05) is 7.05 Å². The van der Waals surface area contributed by atoms with Crippen LogP contribution in [0.2, 0.25) is 0 Å². The van der Waals surface area contributed by atoms with Gasteiger partial charge in [0.25, 0.3) is 11.8 Å². The van der Waals surface area contributed by atoms with E-state index in [0.717, 1.165) is 9.87 Å². The van der Waals surface area contributed by atoms with Crippen molar-refractivity contribution >= 4 is 21.8 Å². The Morgan fingerprint density at radius 1 is 1.10 bits per heavy atom. The summed E-state index contributed by atoms with van der Waals surface area (Å²) in [6.45, 7) is 2.83. The maximum atomic E-state index is 12.5. The van der Waals surface area contributed by atoms with Gasteiger partial charge in [-0.05, 0) is 50.2 Å². The van der Waals surface area contributed by atoms with Gasteiger partial charge in [-0.2, -0.15) is 9.57 Å². The van der Waals surface area contributed by atoms with Gasteiger partial charge >= 0.3 is 0 Å². The smallest absolute Gasteiger partial charge is 0.279 e. The molecular formula is C20H22N4O5S. The molecule has 158 valence electrons. The first kappa shape index (κ1) is 22.9. The van der Waals surface area contributed by atoms with E-state index in [0.29, 0.717) is 11.3 Å². The lowest BCUT2D eigenvalue weighted by atomic mass is 10.2. The van der Waals surface area contributed by atoms with Crippen LogP contribution < -0.4 is 15.6 Å². The second kappa shape index (κ2) is 9.87. The molecule has 30 heavy (non-hydrogen) atoms. The SMILES string of the molecule is Cc1ccc(S(=O)(=O)N(C)CC(=O)NNC(=O)C(C)Oc2ccc(C#N)cc2)cc1. The number of nitrogens with zero attached hydrogens (tertiary/aromatic N) is 2. The molecule has 0 bridgehead atoms. The predicted molar refractivity (Wildman–Crippen MR) is 109 cm³/mol. The Labute approximate surface area is 175 Å². The highest BCUT2D eigenvalue weighted by molar-refractivity contribution is 7.89. The molecule has 2 aromatic rings. The maximum Gasteiger partial charge on any atom is 0.279 e. The minimum absolute atomic E-state index is 0.0666.